The standard InChI is InChI=1S/C18H16N2O5S/c21-15(19-17(23)14-3-2-10-26-14)11-25-18(24)12-5-7-13(8-6-12)20-9-1-4-16(20)22/h2-3,5-8,10H,1,4,9,11H2,(H,19,21,23). The minimum absolute atomic E-state index is 0.0624. The fraction of sp³-hybridized carbons (Fsp3) is 0.222. The molecule has 3 amide bonds. The lowest BCUT2D eigenvalue weighted by molar-refractivity contribution is -0.123. The Bertz CT molecular complexity index is 830. The van der Waals surface area contributed by atoms with E-state index in [1.54, 1.807) is 34.5 Å². The van der Waals surface area contributed by atoms with E-state index in [9.17, 15) is 19.2 Å². The van der Waals surface area contributed by atoms with Gasteiger partial charge in [-0.1, -0.05) is 6.07 Å². The van der Waals surface area contributed by atoms with Crippen LogP contribution in [0.15, 0.2) is 41.8 Å². The first-order chi connectivity index (χ1) is 12.5. The second-order valence-electron chi connectivity index (χ2n) is 5.63. The highest BCUT2D eigenvalue weighted by Crippen LogP contribution is 2.21. The van der Waals surface area contributed by atoms with Crippen molar-refractivity contribution in [2.24, 2.45) is 0 Å². The summed E-state index contributed by atoms with van der Waals surface area (Å²) in [7, 11) is 0. The number of carbonyl (C=O) groups is 4. The van der Waals surface area contributed by atoms with E-state index in [0.29, 0.717) is 17.8 Å². The second kappa shape index (κ2) is 7.92. The lowest BCUT2D eigenvalue weighted by Crippen LogP contribution is -2.33. The summed E-state index contributed by atoms with van der Waals surface area (Å²) in [4.78, 5) is 49.2. The third-order valence-electron chi connectivity index (χ3n) is 3.82. The van der Waals surface area contributed by atoms with E-state index in [-0.39, 0.29) is 11.5 Å². The third kappa shape index (κ3) is 4.15. The van der Waals surface area contributed by atoms with Crippen molar-refractivity contribution >= 4 is 40.7 Å². The van der Waals surface area contributed by atoms with Gasteiger partial charge in [0.25, 0.3) is 11.8 Å². The number of nitrogens with one attached hydrogen (secondary N) is 1. The highest BCUT2D eigenvalue weighted by Gasteiger charge is 2.22. The summed E-state index contributed by atoms with van der Waals surface area (Å²) in [5, 5.41) is 3.87. The summed E-state index contributed by atoms with van der Waals surface area (Å²) >= 11 is 1.21. The fourth-order valence-corrected chi connectivity index (χ4v) is 3.16. The van der Waals surface area contributed by atoms with Crippen LogP contribution in [0.1, 0.15) is 32.9 Å². The first-order valence-corrected chi connectivity index (χ1v) is 8.88. The summed E-state index contributed by atoms with van der Waals surface area (Å²) in [6.07, 6.45) is 1.35. The third-order valence-corrected chi connectivity index (χ3v) is 4.69. The minimum atomic E-state index is -0.698. The van der Waals surface area contributed by atoms with Crippen molar-refractivity contribution in [3.05, 3.63) is 52.2 Å². The van der Waals surface area contributed by atoms with Crippen LogP contribution < -0.4 is 10.2 Å². The molecular weight excluding hydrogens is 356 g/mol. The molecule has 134 valence electrons. The molecule has 0 atom stereocenters. The predicted molar refractivity (Wildman–Crippen MR) is 95.1 cm³/mol. The van der Waals surface area contributed by atoms with Gasteiger partial charge in [0.1, 0.15) is 0 Å². The van der Waals surface area contributed by atoms with Gasteiger partial charge < -0.3 is 9.64 Å². The molecular formula is C18H16N2O5S. The molecule has 1 aliphatic heterocycles. The molecule has 1 aromatic carbocycles. The fourth-order valence-electron chi connectivity index (χ4n) is 2.55. The number of anilines is 1. The quantitative estimate of drug-likeness (QED) is 0.810. The topological polar surface area (TPSA) is 92.8 Å². The maximum absolute atomic E-state index is 12.0. The van der Waals surface area contributed by atoms with E-state index in [2.05, 4.69) is 5.32 Å². The van der Waals surface area contributed by atoms with Crippen molar-refractivity contribution in [1.29, 1.82) is 0 Å². The van der Waals surface area contributed by atoms with Crippen LogP contribution in [-0.4, -0.2) is 36.8 Å². The van der Waals surface area contributed by atoms with E-state index < -0.39 is 24.4 Å². The van der Waals surface area contributed by atoms with E-state index in [1.807, 2.05) is 0 Å². The number of hydrogen-bond donors (Lipinski definition) is 1. The molecule has 3 rings (SSSR count). The van der Waals surface area contributed by atoms with Crippen LogP contribution in [0, 0.1) is 0 Å². The number of ether oxygens (including phenoxy) is 1. The summed E-state index contributed by atoms with van der Waals surface area (Å²) < 4.78 is 4.91. The highest BCUT2D eigenvalue weighted by atomic mass is 32.1. The van der Waals surface area contributed by atoms with Gasteiger partial charge >= 0.3 is 5.97 Å². The molecule has 2 aromatic rings. The van der Waals surface area contributed by atoms with Crippen LogP contribution in [0.25, 0.3) is 0 Å². The summed E-state index contributed by atoms with van der Waals surface area (Å²) in [6.45, 7) is 0.114. The molecule has 1 aromatic heterocycles. The normalized spacial score (nSPS) is 13.5. The lowest BCUT2D eigenvalue weighted by Gasteiger charge is -2.15. The molecule has 8 heteroatoms. The Morgan fingerprint density at radius 3 is 2.54 bits per heavy atom. The number of hydrogen-bond acceptors (Lipinski definition) is 6. The average molecular weight is 372 g/mol. The van der Waals surface area contributed by atoms with Gasteiger partial charge in [0.2, 0.25) is 5.91 Å². The Kier molecular flexibility index (Phi) is 5.43. The monoisotopic (exact) mass is 372 g/mol. The Balaban J connectivity index is 1.51. The first-order valence-electron chi connectivity index (χ1n) is 8.00. The number of thiophene rings is 1. The Labute approximate surface area is 153 Å². The van der Waals surface area contributed by atoms with Gasteiger partial charge in [0, 0.05) is 18.7 Å². The van der Waals surface area contributed by atoms with Gasteiger partial charge in [0.15, 0.2) is 6.61 Å². The van der Waals surface area contributed by atoms with Gasteiger partial charge in [-0.25, -0.2) is 4.79 Å². The molecule has 0 bridgehead atoms. The second-order valence-corrected chi connectivity index (χ2v) is 6.57. The Morgan fingerprint density at radius 1 is 1.15 bits per heavy atom. The average Bonchev–Trinajstić information content (AvgIpc) is 3.31. The molecule has 0 spiro atoms. The smallest absolute Gasteiger partial charge is 0.338 e. The first kappa shape index (κ1) is 17.8. The molecule has 0 aliphatic carbocycles. The molecule has 0 radical (unpaired) electrons. The van der Waals surface area contributed by atoms with E-state index in [1.165, 1.54) is 23.5 Å². The zero-order valence-electron chi connectivity index (χ0n) is 13.8. The van der Waals surface area contributed by atoms with Crippen LogP contribution in [0.5, 0.6) is 0 Å². The van der Waals surface area contributed by atoms with Crippen LogP contribution in [0.3, 0.4) is 0 Å². The summed E-state index contributed by atoms with van der Waals surface area (Å²) in [6, 6.07) is 9.70. The molecule has 2 heterocycles. The number of carbonyl (C=O) groups excluding carboxylic acids is 4. The van der Waals surface area contributed by atoms with Crippen molar-refractivity contribution in [2.45, 2.75) is 12.8 Å². The SMILES string of the molecule is O=C(COC(=O)c1ccc(N2CCCC2=O)cc1)NC(=O)c1cccs1. The maximum Gasteiger partial charge on any atom is 0.338 e. The highest BCUT2D eigenvalue weighted by molar-refractivity contribution is 7.12. The van der Waals surface area contributed by atoms with Crippen molar-refractivity contribution in [3.63, 3.8) is 0 Å². The molecule has 1 aliphatic rings. The van der Waals surface area contributed by atoms with Crippen LogP contribution in [0.2, 0.25) is 0 Å². The number of rotatable bonds is 5. The molecule has 1 N–H and O–H groups in total. The van der Waals surface area contributed by atoms with Gasteiger partial charge in [-0.05, 0) is 42.1 Å². The van der Waals surface area contributed by atoms with Crippen LogP contribution in [0.4, 0.5) is 5.69 Å². The molecule has 7 nitrogen and oxygen atoms in total. The molecule has 1 fully saturated rings. The minimum Gasteiger partial charge on any atom is -0.452 e. The van der Waals surface area contributed by atoms with Crippen LogP contribution >= 0.6 is 11.3 Å². The molecule has 26 heavy (non-hydrogen) atoms. The van der Waals surface area contributed by atoms with Gasteiger partial charge in [0.05, 0.1) is 10.4 Å². The van der Waals surface area contributed by atoms with Crippen molar-refractivity contribution < 1.29 is 23.9 Å². The number of esters is 1. The number of benzene rings is 1. The predicted octanol–water partition coefficient (Wildman–Crippen LogP) is 1.99. The zero-order valence-corrected chi connectivity index (χ0v) is 14.6. The Morgan fingerprint density at radius 2 is 1.92 bits per heavy atom. The van der Waals surface area contributed by atoms with Crippen molar-refractivity contribution in [2.75, 3.05) is 18.1 Å². The van der Waals surface area contributed by atoms with Crippen LogP contribution in [-0.2, 0) is 14.3 Å². The van der Waals surface area contributed by atoms with E-state index >= 15 is 0 Å². The number of nitrogens with zero attached hydrogens (tertiary/aromatic N) is 1. The van der Waals surface area contributed by atoms with Crippen molar-refractivity contribution in [3.8, 4) is 0 Å². The number of amides is 3. The summed E-state index contributed by atoms with van der Waals surface area (Å²) in [5.41, 5.74) is 0.987. The van der Waals surface area contributed by atoms with Gasteiger partial charge in [-0.2, -0.15) is 0 Å². The number of imide groups is 1. The maximum atomic E-state index is 12.0. The molecule has 0 saturated carbocycles. The Hall–Kier alpha value is -3.00. The van der Waals surface area contributed by atoms with Crippen molar-refractivity contribution in [1.82, 2.24) is 5.32 Å². The largest absolute Gasteiger partial charge is 0.452 e. The molecule has 0 unspecified atom stereocenters. The zero-order chi connectivity index (χ0) is 18.5. The summed E-state index contributed by atoms with van der Waals surface area (Å²) in [5.74, 6) is -1.84. The molecule has 1 saturated heterocycles. The van der Waals surface area contributed by atoms with Gasteiger partial charge in [-0.3, -0.25) is 19.7 Å². The van der Waals surface area contributed by atoms with E-state index in [4.69, 9.17) is 4.74 Å². The van der Waals surface area contributed by atoms with Gasteiger partial charge in [-0.15, -0.1) is 11.3 Å². The van der Waals surface area contributed by atoms with E-state index in [0.717, 1.165) is 12.1 Å². The lowest BCUT2D eigenvalue weighted by atomic mass is 10.2.